The minimum absolute atomic E-state index is 0.639. The molecule has 0 spiro atoms. The molecule has 1 rings (SSSR count). The van der Waals surface area contributed by atoms with Crippen molar-refractivity contribution >= 4 is 7.98 Å². The van der Waals surface area contributed by atoms with Gasteiger partial charge in [0, 0.05) is 0 Å². The summed E-state index contributed by atoms with van der Waals surface area (Å²) in [4.78, 5) is 1.84. The van der Waals surface area contributed by atoms with Crippen LogP contribution in [-0.4, -0.2) is 25.9 Å². The predicted molar refractivity (Wildman–Crippen MR) is 35.6 cm³/mol. The van der Waals surface area contributed by atoms with Crippen LogP contribution in [0.1, 0.15) is 6.42 Å². The maximum absolute atomic E-state index is 5.49. The summed E-state index contributed by atoms with van der Waals surface area (Å²) < 4.78 is 0. The van der Waals surface area contributed by atoms with E-state index < -0.39 is 0 Å². The molecule has 0 bridgehead atoms. The molecular formula is C6H10BN. The van der Waals surface area contributed by atoms with Gasteiger partial charge >= 0.3 is 0 Å². The molecule has 0 N–H and O–H groups in total. The van der Waals surface area contributed by atoms with Gasteiger partial charge in [-0.3, -0.25) is 0 Å². The molecule has 1 unspecified atom stereocenters. The smallest absolute Gasteiger partial charge is 0.182 e. The Balaban J connectivity index is 2.32. The second-order valence-corrected chi connectivity index (χ2v) is 2.28. The largest absolute Gasteiger partial charge is 0.353 e. The maximum Gasteiger partial charge on any atom is 0.182 e. The van der Waals surface area contributed by atoms with Gasteiger partial charge in [0.05, 0.1) is 0 Å². The summed E-state index contributed by atoms with van der Waals surface area (Å²) >= 11 is 0. The highest BCUT2D eigenvalue weighted by molar-refractivity contribution is 6.04. The maximum atomic E-state index is 5.49. The third-order valence-electron chi connectivity index (χ3n) is 1.59. The molecule has 1 aliphatic heterocycles. The van der Waals surface area contributed by atoms with E-state index in [1.165, 1.54) is 6.42 Å². The molecule has 0 aromatic heterocycles. The third kappa shape index (κ3) is 1.13. The van der Waals surface area contributed by atoms with Gasteiger partial charge in [-0.2, -0.15) is 0 Å². The van der Waals surface area contributed by atoms with Crippen LogP contribution in [0.2, 0.25) is 0 Å². The van der Waals surface area contributed by atoms with E-state index in [2.05, 4.69) is 6.58 Å². The Morgan fingerprint density at radius 3 is 2.75 bits per heavy atom. The molecule has 1 nitrogen and oxygen atoms in total. The fourth-order valence-electron chi connectivity index (χ4n) is 1.01. The van der Waals surface area contributed by atoms with Gasteiger partial charge in [0.2, 0.25) is 0 Å². The molecule has 0 aromatic rings. The number of hydrogen-bond donors (Lipinski definition) is 0. The topological polar surface area (TPSA) is 3.24 Å². The molecule has 0 amide bonds. The molecule has 1 heterocycles. The Labute approximate surface area is 51.8 Å². The first-order chi connectivity index (χ1) is 3.83. The van der Waals surface area contributed by atoms with E-state index in [1.54, 1.807) is 0 Å². The Hall–Kier alpha value is -0.235. The Morgan fingerprint density at radius 2 is 2.50 bits per heavy atom. The van der Waals surface area contributed by atoms with Crippen LogP contribution in [0.15, 0.2) is 12.7 Å². The van der Waals surface area contributed by atoms with Crippen molar-refractivity contribution in [3.63, 3.8) is 0 Å². The van der Waals surface area contributed by atoms with Crippen LogP contribution in [-0.2, 0) is 0 Å². The zero-order valence-corrected chi connectivity index (χ0v) is 5.01. The monoisotopic (exact) mass is 107 g/mol. The molecule has 1 saturated heterocycles. The van der Waals surface area contributed by atoms with Gasteiger partial charge in [-0.05, 0) is 25.4 Å². The SMILES string of the molecule is [B]N1CCC(C=C)C1. The Morgan fingerprint density at radius 1 is 1.75 bits per heavy atom. The van der Waals surface area contributed by atoms with E-state index in [0.717, 1.165) is 13.1 Å². The van der Waals surface area contributed by atoms with Crippen LogP contribution in [0, 0.1) is 5.92 Å². The average Bonchev–Trinajstić information content (AvgIpc) is 2.14. The first kappa shape index (κ1) is 5.89. The van der Waals surface area contributed by atoms with Crippen LogP contribution in [0.3, 0.4) is 0 Å². The van der Waals surface area contributed by atoms with Crippen LogP contribution < -0.4 is 0 Å². The second kappa shape index (κ2) is 2.36. The van der Waals surface area contributed by atoms with E-state index in [4.69, 9.17) is 7.98 Å². The van der Waals surface area contributed by atoms with Crippen LogP contribution in [0.4, 0.5) is 0 Å². The summed E-state index contributed by atoms with van der Waals surface area (Å²) in [6.45, 7) is 5.71. The molecule has 1 atom stereocenters. The van der Waals surface area contributed by atoms with Gasteiger partial charge in [0.25, 0.3) is 0 Å². The number of hydrogen-bond acceptors (Lipinski definition) is 1. The lowest BCUT2D eigenvalue weighted by atomic mass is 10.1. The van der Waals surface area contributed by atoms with Gasteiger partial charge in [-0.1, -0.05) is 6.08 Å². The van der Waals surface area contributed by atoms with Crippen molar-refractivity contribution < 1.29 is 0 Å². The lowest BCUT2D eigenvalue weighted by Gasteiger charge is -2.04. The van der Waals surface area contributed by atoms with Gasteiger partial charge in [-0.15, -0.1) is 6.58 Å². The third-order valence-corrected chi connectivity index (χ3v) is 1.59. The fraction of sp³-hybridized carbons (Fsp3) is 0.667. The van der Waals surface area contributed by atoms with Crippen LogP contribution in [0.25, 0.3) is 0 Å². The molecule has 8 heavy (non-hydrogen) atoms. The minimum atomic E-state index is 0.639. The van der Waals surface area contributed by atoms with E-state index >= 15 is 0 Å². The number of nitrogens with zero attached hydrogens (tertiary/aromatic N) is 1. The van der Waals surface area contributed by atoms with E-state index in [0.29, 0.717) is 5.92 Å². The molecular weight excluding hydrogens is 96.9 g/mol. The molecule has 1 aliphatic rings. The predicted octanol–water partition coefficient (Wildman–Crippen LogP) is 0.578. The lowest BCUT2D eigenvalue weighted by molar-refractivity contribution is 0.548. The van der Waals surface area contributed by atoms with Gasteiger partial charge in [-0.25, -0.2) is 0 Å². The standard InChI is InChI=1S/C6H10BN/c1-2-6-3-4-8(7)5-6/h2,6H,1,3-5H2. The second-order valence-electron chi connectivity index (χ2n) is 2.28. The first-order valence-corrected chi connectivity index (χ1v) is 2.95. The van der Waals surface area contributed by atoms with Crippen molar-refractivity contribution in [2.24, 2.45) is 5.92 Å². The van der Waals surface area contributed by atoms with Crippen LogP contribution >= 0.6 is 0 Å². The summed E-state index contributed by atoms with van der Waals surface area (Å²) in [5, 5.41) is 0. The molecule has 2 heteroatoms. The Kier molecular flexibility index (Phi) is 1.74. The quantitative estimate of drug-likeness (QED) is 0.350. The summed E-state index contributed by atoms with van der Waals surface area (Å²) in [7, 11) is 5.49. The summed E-state index contributed by atoms with van der Waals surface area (Å²) in [6.07, 6.45) is 3.16. The summed E-state index contributed by atoms with van der Waals surface area (Å²) in [5.74, 6) is 0.639. The highest BCUT2D eigenvalue weighted by Crippen LogP contribution is 2.13. The zero-order chi connectivity index (χ0) is 5.98. The normalized spacial score (nSPS) is 30.8. The Bertz CT molecular complexity index is 92.5. The molecule has 0 saturated carbocycles. The zero-order valence-electron chi connectivity index (χ0n) is 5.01. The van der Waals surface area contributed by atoms with Crippen molar-refractivity contribution in [1.82, 2.24) is 4.81 Å². The van der Waals surface area contributed by atoms with Crippen molar-refractivity contribution in [2.45, 2.75) is 6.42 Å². The highest BCUT2D eigenvalue weighted by atomic mass is 15.0. The molecule has 0 aliphatic carbocycles. The van der Waals surface area contributed by atoms with Crippen molar-refractivity contribution in [3.8, 4) is 0 Å². The minimum Gasteiger partial charge on any atom is -0.353 e. The van der Waals surface area contributed by atoms with Gasteiger partial charge in [0.1, 0.15) is 0 Å². The molecule has 42 valence electrons. The van der Waals surface area contributed by atoms with Crippen molar-refractivity contribution in [3.05, 3.63) is 12.7 Å². The first-order valence-electron chi connectivity index (χ1n) is 2.95. The summed E-state index contributed by atoms with van der Waals surface area (Å²) in [5.41, 5.74) is 0. The van der Waals surface area contributed by atoms with E-state index in [9.17, 15) is 0 Å². The van der Waals surface area contributed by atoms with E-state index in [-0.39, 0.29) is 0 Å². The summed E-state index contributed by atoms with van der Waals surface area (Å²) in [6, 6.07) is 0. The molecule has 2 radical (unpaired) electrons. The van der Waals surface area contributed by atoms with Crippen molar-refractivity contribution in [2.75, 3.05) is 13.1 Å². The lowest BCUT2D eigenvalue weighted by Crippen LogP contribution is -2.15. The molecule has 1 fully saturated rings. The van der Waals surface area contributed by atoms with Crippen LogP contribution in [0.5, 0.6) is 0 Å². The van der Waals surface area contributed by atoms with Gasteiger partial charge < -0.3 is 4.81 Å². The highest BCUT2D eigenvalue weighted by Gasteiger charge is 2.14. The van der Waals surface area contributed by atoms with Crippen molar-refractivity contribution in [1.29, 1.82) is 0 Å². The number of rotatable bonds is 1. The fourth-order valence-corrected chi connectivity index (χ4v) is 1.01. The molecule has 0 aromatic carbocycles. The average molecular weight is 107 g/mol. The van der Waals surface area contributed by atoms with E-state index in [1.807, 2.05) is 10.9 Å². The van der Waals surface area contributed by atoms with Gasteiger partial charge in [0.15, 0.2) is 7.98 Å².